The average Bonchev–Trinajstić information content (AvgIpc) is 2.05. The highest BCUT2D eigenvalue weighted by Crippen LogP contribution is 2.41. The molecule has 0 amide bonds. The summed E-state index contributed by atoms with van der Waals surface area (Å²) in [7, 11) is 1.52. The quantitative estimate of drug-likeness (QED) is 0.582. The highest BCUT2D eigenvalue weighted by atomic mass is 19.1. The highest BCUT2D eigenvalue weighted by Gasteiger charge is 2.41. The average molecular weight is 169 g/mol. The van der Waals surface area contributed by atoms with E-state index in [4.69, 9.17) is 4.74 Å². The Morgan fingerprint density at radius 1 is 1.67 bits per heavy atom. The van der Waals surface area contributed by atoms with Crippen molar-refractivity contribution in [2.24, 2.45) is 10.4 Å². The van der Waals surface area contributed by atoms with Crippen molar-refractivity contribution in [2.75, 3.05) is 7.11 Å². The number of hydrogen-bond donors (Lipinski definition) is 0. The Kier molecular flexibility index (Phi) is 2.04. The van der Waals surface area contributed by atoms with E-state index in [2.05, 4.69) is 11.6 Å². The van der Waals surface area contributed by atoms with E-state index in [0.29, 0.717) is 11.5 Å². The smallest absolute Gasteiger partial charge is 0.201 e. The summed E-state index contributed by atoms with van der Waals surface area (Å²) in [6.45, 7) is 7.07. The van der Waals surface area contributed by atoms with Gasteiger partial charge in [0.05, 0.1) is 18.2 Å². The van der Waals surface area contributed by atoms with Crippen LogP contribution < -0.4 is 0 Å². The zero-order chi connectivity index (χ0) is 9.35. The molecule has 0 fully saturated rings. The van der Waals surface area contributed by atoms with Crippen molar-refractivity contribution in [1.29, 1.82) is 0 Å². The molecule has 0 unspecified atom stereocenters. The lowest BCUT2D eigenvalue weighted by Gasteiger charge is -2.31. The zero-order valence-electron chi connectivity index (χ0n) is 7.52. The Bertz CT molecular complexity index is 276. The van der Waals surface area contributed by atoms with Crippen LogP contribution in [0.1, 0.15) is 13.8 Å². The van der Waals surface area contributed by atoms with Crippen molar-refractivity contribution >= 4 is 5.97 Å². The van der Waals surface area contributed by atoms with Gasteiger partial charge in [-0.25, -0.2) is 4.99 Å². The number of rotatable bonds is 2. The SMILES string of the molecule is C=C/C(OC)=C1/N=C(F)C1(C)C. The summed E-state index contributed by atoms with van der Waals surface area (Å²) in [5.74, 6) is 0.190. The van der Waals surface area contributed by atoms with E-state index >= 15 is 0 Å². The Morgan fingerprint density at radius 2 is 2.25 bits per heavy atom. The predicted octanol–water partition coefficient (Wildman–Crippen LogP) is 2.44. The molecule has 0 saturated heterocycles. The largest absolute Gasteiger partial charge is 0.495 e. The third-order valence-electron chi connectivity index (χ3n) is 1.96. The number of hydrogen-bond acceptors (Lipinski definition) is 2. The van der Waals surface area contributed by atoms with Crippen LogP contribution in [0.15, 0.2) is 29.1 Å². The molecular formula is C9H12FNO. The van der Waals surface area contributed by atoms with Gasteiger partial charge in [0.25, 0.3) is 0 Å². The number of ether oxygens (including phenoxy) is 1. The van der Waals surface area contributed by atoms with Crippen LogP contribution in [-0.4, -0.2) is 13.1 Å². The standard InChI is InChI=1S/C9H12FNO/c1-5-6(12-4)7-9(2,3)8(10)11-7/h5H,1H2,2-4H3/b7-6-. The Hall–Kier alpha value is -1.12. The molecule has 1 heterocycles. The fraction of sp³-hybridized carbons (Fsp3) is 0.444. The zero-order valence-corrected chi connectivity index (χ0v) is 7.52. The maximum Gasteiger partial charge on any atom is 0.201 e. The number of halogens is 1. The minimum absolute atomic E-state index is 0.353. The van der Waals surface area contributed by atoms with E-state index in [1.165, 1.54) is 13.2 Å². The minimum atomic E-state index is -0.612. The lowest BCUT2D eigenvalue weighted by atomic mass is 9.84. The molecule has 0 aromatic carbocycles. The molecule has 66 valence electrons. The second kappa shape index (κ2) is 2.73. The van der Waals surface area contributed by atoms with Crippen molar-refractivity contribution < 1.29 is 9.13 Å². The summed E-state index contributed by atoms with van der Waals surface area (Å²) in [6, 6.07) is 0. The molecule has 0 saturated carbocycles. The summed E-state index contributed by atoms with van der Waals surface area (Å²) >= 11 is 0. The predicted molar refractivity (Wildman–Crippen MR) is 46.6 cm³/mol. The first-order valence-electron chi connectivity index (χ1n) is 3.70. The molecule has 1 aliphatic heterocycles. The van der Waals surface area contributed by atoms with Crippen LogP contribution in [0, 0.1) is 5.41 Å². The van der Waals surface area contributed by atoms with E-state index in [1.54, 1.807) is 13.8 Å². The molecule has 0 aromatic rings. The molecule has 0 aliphatic carbocycles. The van der Waals surface area contributed by atoms with Gasteiger partial charge >= 0.3 is 0 Å². The highest BCUT2D eigenvalue weighted by molar-refractivity contribution is 5.91. The normalized spacial score (nSPS) is 23.8. The van der Waals surface area contributed by atoms with Gasteiger partial charge in [-0.2, -0.15) is 4.39 Å². The van der Waals surface area contributed by atoms with Gasteiger partial charge in [0, 0.05) is 0 Å². The van der Waals surface area contributed by atoms with E-state index in [0.717, 1.165) is 0 Å². The van der Waals surface area contributed by atoms with E-state index in [9.17, 15) is 4.39 Å². The van der Waals surface area contributed by atoms with E-state index in [-0.39, 0.29) is 5.97 Å². The van der Waals surface area contributed by atoms with E-state index in [1.807, 2.05) is 0 Å². The van der Waals surface area contributed by atoms with Gasteiger partial charge in [-0.1, -0.05) is 6.58 Å². The van der Waals surface area contributed by atoms with E-state index < -0.39 is 5.41 Å². The van der Waals surface area contributed by atoms with Crippen LogP contribution in [0.25, 0.3) is 0 Å². The van der Waals surface area contributed by atoms with Crippen molar-refractivity contribution in [1.82, 2.24) is 0 Å². The summed E-state index contributed by atoms with van der Waals surface area (Å²) in [5.41, 5.74) is 0.0111. The first-order chi connectivity index (χ1) is 5.54. The van der Waals surface area contributed by atoms with Gasteiger partial charge in [0.1, 0.15) is 5.76 Å². The number of methoxy groups -OCH3 is 1. The Morgan fingerprint density at radius 3 is 2.50 bits per heavy atom. The lowest BCUT2D eigenvalue weighted by Crippen LogP contribution is -2.32. The maximum atomic E-state index is 12.8. The van der Waals surface area contributed by atoms with Gasteiger partial charge in [-0.15, -0.1) is 0 Å². The molecule has 1 rings (SSSR count). The third kappa shape index (κ3) is 1.05. The fourth-order valence-electron chi connectivity index (χ4n) is 1.06. The summed E-state index contributed by atoms with van der Waals surface area (Å²) in [4.78, 5) is 3.65. The second-order valence-corrected chi connectivity index (χ2v) is 3.15. The molecule has 3 heteroatoms. The van der Waals surface area contributed by atoms with Gasteiger partial charge in [-0.3, -0.25) is 0 Å². The van der Waals surface area contributed by atoms with Gasteiger partial charge in [-0.05, 0) is 19.9 Å². The molecule has 1 aliphatic rings. The van der Waals surface area contributed by atoms with Crippen molar-refractivity contribution in [3.8, 4) is 0 Å². The molecule has 12 heavy (non-hydrogen) atoms. The van der Waals surface area contributed by atoms with Gasteiger partial charge in [0.15, 0.2) is 0 Å². The van der Waals surface area contributed by atoms with Gasteiger partial charge < -0.3 is 4.74 Å². The molecule has 0 N–H and O–H groups in total. The van der Waals surface area contributed by atoms with Crippen LogP contribution in [-0.2, 0) is 4.74 Å². The van der Waals surface area contributed by atoms with Crippen LogP contribution in [0.3, 0.4) is 0 Å². The Balaban J connectivity index is 3.09. The molecule has 0 aromatic heterocycles. The second-order valence-electron chi connectivity index (χ2n) is 3.15. The topological polar surface area (TPSA) is 21.6 Å². The Labute approximate surface area is 71.4 Å². The minimum Gasteiger partial charge on any atom is -0.495 e. The summed E-state index contributed by atoms with van der Waals surface area (Å²) < 4.78 is 17.8. The third-order valence-corrected chi connectivity index (χ3v) is 1.96. The van der Waals surface area contributed by atoms with Crippen LogP contribution in [0.2, 0.25) is 0 Å². The molecule has 0 radical (unpaired) electrons. The van der Waals surface area contributed by atoms with Crippen LogP contribution in [0.5, 0.6) is 0 Å². The number of nitrogens with zero attached hydrogens (tertiary/aromatic N) is 1. The van der Waals surface area contributed by atoms with Gasteiger partial charge in [0.2, 0.25) is 5.97 Å². The molecule has 0 bridgehead atoms. The molecular weight excluding hydrogens is 157 g/mol. The number of allylic oxidation sites excluding steroid dienone is 2. The maximum absolute atomic E-state index is 12.8. The van der Waals surface area contributed by atoms with Crippen LogP contribution >= 0.6 is 0 Å². The van der Waals surface area contributed by atoms with Crippen molar-refractivity contribution in [2.45, 2.75) is 13.8 Å². The molecule has 0 atom stereocenters. The molecule has 2 nitrogen and oxygen atoms in total. The first-order valence-corrected chi connectivity index (χ1v) is 3.70. The summed E-state index contributed by atoms with van der Waals surface area (Å²) in [6.07, 6.45) is 1.53. The summed E-state index contributed by atoms with van der Waals surface area (Å²) in [5, 5.41) is 0. The van der Waals surface area contributed by atoms with Crippen molar-refractivity contribution in [3.63, 3.8) is 0 Å². The van der Waals surface area contributed by atoms with Crippen molar-refractivity contribution in [3.05, 3.63) is 24.1 Å². The molecule has 0 spiro atoms. The lowest BCUT2D eigenvalue weighted by molar-refractivity contribution is 0.288. The fourth-order valence-corrected chi connectivity index (χ4v) is 1.06. The number of aliphatic imine (C=N–C) groups is 1. The first kappa shape index (κ1) is 8.97. The van der Waals surface area contributed by atoms with Crippen LogP contribution in [0.4, 0.5) is 4.39 Å². The monoisotopic (exact) mass is 169 g/mol.